The molecular formula is C36H37FN6O4. The fourth-order valence-electron chi connectivity index (χ4n) is 5.94. The van der Waals surface area contributed by atoms with Crippen molar-refractivity contribution in [3.05, 3.63) is 88.9 Å². The van der Waals surface area contributed by atoms with Gasteiger partial charge in [0.2, 0.25) is 5.91 Å². The summed E-state index contributed by atoms with van der Waals surface area (Å²) >= 11 is 0. The Hall–Kier alpha value is -5.37. The average molecular weight is 637 g/mol. The van der Waals surface area contributed by atoms with Gasteiger partial charge in [0, 0.05) is 54.1 Å². The number of pyridine rings is 1. The largest absolute Gasteiger partial charge is 0.488 e. The molecular weight excluding hydrogens is 599 g/mol. The van der Waals surface area contributed by atoms with Gasteiger partial charge < -0.3 is 30.7 Å². The molecule has 7 rings (SSSR count). The Morgan fingerprint density at radius 2 is 2.00 bits per heavy atom. The van der Waals surface area contributed by atoms with Gasteiger partial charge in [-0.25, -0.2) is 9.37 Å². The highest BCUT2D eigenvalue weighted by Crippen LogP contribution is 2.45. The molecule has 1 aliphatic carbocycles. The van der Waals surface area contributed by atoms with Crippen LogP contribution in [0, 0.1) is 29.5 Å². The number of nitrogens with one attached hydrogen (secondary N) is 2. The number of halogens is 1. The van der Waals surface area contributed by atoms with Gasteiger partial charge in [-0.1, -0.05) is 25.1 Å². The number of esters is 1. The first-order valence-electron chi connectivity index (χ1n) is 15.6. The van der Waals surface area contributed by atoms with Crippen molar-refractivity contribution in [2.24, 2.45) is 5.41 Å². The van der Waals surface area contributed by atoms with E-state index in [1.165, 1.54) is 11.0 Å². The van der Waals surface area contributed by atoms with Crippen LogP contribution in [-0.2, 0) is 20.9 Å². The second-order valence-electron chi connectivity index (χ2n) is 12.6. The maximum atomic E-state index is 15.6. The van der Waals surface area contributed by atoms with Gasteiger partial charge >= 0.3 is 5.97 Å². The van der Waals surface area contributed by atoms with Gasteiger partial charge in [-0.05, 0) is 72.2 Å². The molecule has 47 heavy (non-hydrogen) atoms. The Bertz CT molecular complexity index is 1900. The molecule has 11 heteroatoms. The third kappa shape index (κ3) is 6.77. The number of nitriles is 1. The first-order chi connectivity index (χ1) is 22.6. The van der Waals surface area contributed by atoms with Crippen molar-refractivity contribution in [3.8, 4) is 11.8 Å². The highest BCUT2D eigenvalue weighted by Gasteiger charge is 2.44. The number of carbonyl (C=O) groups is 2. The molecule has 4 aromatic rings. The minimum absolute atomic E-state index is 0.00316. The summed E-state index contributed by atoms with van der Waals surface area (Å²) in [4.78, 5) is 32.7. The molecule has 4 bridgehead atoms. The fraction of sp³-hybridized carbons (Fsp3) is 0.333. The number of rotatable bonds is 5. The number of anilines is 3. The van der Waals surface area contributed by atoms with Crippen LogP contribution < -0.4 is 21.1 Å². The van der Waals surface area contributed by atoms with Gasteiger partial charge in [-0.3, -0.25) is 9.59 Å². The summed E-state index contributed by atoms with van der Waals surface area (Å²) in [5.41, 5.74) is 9.55. The first kappa shape index (κ1) is 31.6. The Balaban J connectivity index is 1.39. The summed E-state index contributed by atoms with van der Waals surface area (Å²) in [6.07, 6.45) is 3.00. The number of benzene rings is 3. The van der Waals surface area contributed by atoms with E-state index in [4.69, 9.17) is 15.2 Å². The first-order valence-corrected chi connectivity index (χ1v) is 15.6. The lowest BCUT2D eigenvalue weighted by Crippen LogP contribution is -2.35. The van der Waals surface area contributed by atoms with Crippen molar-refractivity contribution in [3.63, 3.8) is 0 Å². The zero-order valence-electron chi connectivity index (χ0n) is 26.6. The second-order valence-corrected chi connectivity index (χ2v) is 12.6. The highest BCUT2D eigenvalue weighted by molar-refractivity contribution is 5.94. The van der Waals surface area contributed by atoms with Gasteiger partial charge in [0.05, 0.1) is 18.1 Å². The van der Waals surface area contributed by atoms with Crippen LogP contribution in [0.5, 0.6) is 5.75 Å². The number of likely N-dealkylation sites (N-methyl/N-ethyl adjacent to an activating group) is 1. The van der Waals surface area contributed by atoms with Gasteiger partial charge in [0.1, 0.15) is 25.0 Å². The molecule has 10 nitrogen and oxygen atoms in total. The molecule has 1 saturated carbocycles. The summed E-state index contributed by atoms with van der Waals surface area (Å²) in [6.45, 7) is 3.97. The van der Waals surface area contributed by atoms with E-state index in [1.54, 1.807) is 19.3 Å². The number of nitrogen functional groups attached to an aromatic ring is 1. The van der Waals surface area contributed by atoms with Crippen molar-refractivity contribution < 1.29 is 23.5 Å². The predicted molar refractivity (Wildman–Crippen MR) is 177 cm³/mol. The number of fused-ring (bicyclic) bond motifs is 11. The van der Waals surface area contributed by atoms with E-state index >= 15 is 4.39 Å². The molecule has 1 aromatic heterocycles. The molecule has 3 aliphatic rings. The van der Waals surface area contributed by atoms with Gasteiger partial charge in [0.15, 0.2) is 11.6 Å². The molecule has 2 aliphatic heterocycles. The molecule has 1 fully saturated rings. The maximum absolute atomic E-state index is 15.6. The molecule has 3 heterocycles. The molecule has 3 aromatic carbocycles. The van der Waals surface area contributed by atoms with E-state index in [1.807, 2.05) is 56.3 Å². The van der Waals surface area contributed by atoms with Crippen LogP contribution in [0.25, 0.3) is 10.8 Å². The summed E-state index contributed by atoms with van der Waals surface area (Å²) in [5.74, 6) is -1.12. The SMILES string of the molecule is Cc1cc2ccc1[C@@H](C)COC(=O)CNc1cc(F)c(OCC3(C#N)CC3)c(c1)CN(C)C(=O)[C@@H]2Nc1ccc2c(N)nccc2c1. The van der Waals surface area contributed by atoms with E-state index in [0.717, 1.165) is 27.5 Å². The van der Waals surface area contributed by atoms with Crippen molar-refractivity contribution in [2.45, 2.75) is 45.2 Å². The molecule has 1 amide bonds. The second kappa shape index (κ2) is 12.8. The van der Waals surface area contributed by atoms with Crippen LogP contribution in [0.3, 0.4) is 0 Å². The maximum Gasteiger partial charge on any atom is 0.325 e. The Kier molecular flexibility index (Phi) is 8.60. The lowest BCUT2D eigenvalue weighted by atomic mass is 9.93. The van der Waals surface area contributed by atoms with E-state index in [2.05, 4.69) is 21.7 Å². The van der Waals surface area contributed by atoms with E-state index in [9.17, 15) is 14.9 Å². The van der Waals surface area contributed by atoms with Crippen LogP contribution >= 0.6 is 0 Å². The molecule has 2 atom stereocenters. The van der Waals surface area contributed by atoms with E-state index in [0.29, 0.717) is 35.6 Å². The Morgan fingerprint density at radius 1 is 1.19 bits per heavy atom. The lowest BCUT2D eigenvalue weighted by Gasteiger charge is -2.27. The molecule has 0 saturated heterocycles. The fourth-order valence-corrected chi connectivity index (χ4v) is 5.94. The summed E-state index contributed by atoms with van der Waals surface area (Å²) in [5, 5.41) is 17.6. The van der Waals surface area contributed by atoms with Crippen LogP contribution in [0.1, 0.15) is 54.0 Å². The van der Waals surface area contributed by atoms with Gasteiger partial charge in [-0.15, -0.1) is 0 Å². The molecule has 242 valence electrons. The number of ether oxygens (including phenoxy) is 2. The number of aryl methyl sites for hydroxylation is 1. The number of carbonyl (C=O) groups excluding carboxylic acids is 2. The van der Waals surface area contributed by atoms with Gasteiger partial charge in [-0.2, -0.15) is 5.26 Å². The average Bonchev–Trinajstić information content (AvgIpc) is 3.84. The van der Waals surface area contributed by atoms with Crippen molar-refractivity contribution in [1.82, 2.24) is 9.88 Å². The third-order valence-corrected chi connectivity index (χ3v) is 8.93. The van der Waals surface area contributed by atoms with Gasteiger partial charge in [0.25, 0.3) is 0 Å². The van der Waals surface area contributed by atoms with Crippen molar-refractivity contribution >= 4 is 39.8 Å². The standard InChI is InChI=1S/C36H37FN6O4/c1-21-12-24-4-6-28(21)22(2)18-46-31(44)16-41-27-14-25(33(30(37)15-27)47-20-36(19-38)9-10-36)17-43(3)35(45)32(24)42-26-5-7-29-23(13-26)8-11-40-34(29)39/h4-8,11-15,22,32,41-42H,9-10,16-18,20H2,1-3H3,(H2,39,40)/t22-,32+/m0/s1. The minimum atomic E-state index is -0.808. The lowest BCUT2D eigenvalue weighted by molar-refractivity contribution is -0.142. The molecule has 0 unspecified atom stereocenters. The smallest absolute Gasteiger partial charge is 0.325 e. The molecule has 4 N–H and O–H groups in total. The van der Waals surface area contributed by atoms with Crippen molar-refractivity contribution in [1.29, 1.82) is 5.26 Å². The quantitative estimate of drug-likeness (QED) is 0.231. The highest BCUT2D eigenvalue weighted by atomic mass is 19.1. The normalized spacial score (nSPS) is 19.3. The summed E-state index contributed by atoms with van der Waals surface area (Å²) < 4.78 is 27.1. The monoisotopic (exact) mass is 636 g/mol. The minimum Gasteiger partial charge on any atom is -0.488 e. The number of amides is 1. The van der Waals surface area contributed by atoms with E-state index in [-0.39, 0.29) is 43.9 Å². The molecule has 0 spiro atoms. The number of hydrogen-bond acceptors (Lipinski definition) is 9. The zero-order chi connectivity index (χ0) is 33.3. The number of nitrogens with zero attached hydrogens (tertiary/aromatic N) is 3. The summed E-state index contributed by atoms with van der Waals surface area (Å²) in [6, 6.07) is 17.7. The Labute approximate surface area is 272 Å². The molecule has 0 radical (unpaired) electrons. The topological polar surface area (TPSA) is 143 Å². The van der Waals surface area contributed by atoms with E-state index < -0.39 is 23.2 Å². The van der Waals surface area contributed by atoms with Crippen LogP contribution in [0.15, 0.2) is 60.8 Å². The number of hydrogen-bond donors (Lipinski definition) is 3. The number of nitrogens with two attached hydrogens (primary N) is 1. The number of aromatic nitrogens is 1. The van der Waals surface area contributed by atoms with Crippen LogP contribution in [0.4, 0.5) is 21.6 Å². The zero-order valence-corrected chi connectivity index (χ0v) is 26.6. The van der Waals surface area contributed by atoms with Crippen molar-refractivity contribution in [2.75, 3.05) is 43.2 Å². The van der Waals surface area contributed by atoms with Crippen LogP contribution in [0.2, 0.25) is 0 Å². The predicted octanol–water partition coefficient (Wildman–Crippen LogP) is 5.83. The third-order valence-electron chi connectivity index (χ3n) is 8.93. The van der Waals surface area contributed by atoms with Crippen LogP contribution in [-0.4, -0.2) is 48.6 Å². The summed E-state index contributed by atoms with van der Waals surface area (Å²) in [7, 11) is 1.65. The Morgan fingerprint density at radius 3 is 2.74 bits per heavy atom.